The number of hydrogen-bond donors (Lipinski definition) is 3. The Morgan fingerprint density at radius 3 is 2.35 bits per heavy atom. The zero-order valence-electron chi connectivity index (χ0n) is 13.9. The summed E-state index contributed by atoms with van der Waals surface area (Å²) in [5.74, 6) is -1.19. The van der Waals surface area contributed by atoms with Crippen molar-refractivity contribution >= 4 is 24.1 Å². The zero-order chi connectivity index (χ0) is 17.8. The van der Waals surface area contributed by atoms with Crippen LogP contribution in [0.15, 0.2) is 48.5 Å². The van der Waals surface area contributed by atoms with Crippen LogP contribution >= 0.6 is 12.4 Å². The summed E-state index contributed by atoms with van der Waals surface area (Å²) < 4.78 is 13.0. The van der Waals surface area contributed by atoms with Crippen LogP contribution in [0.5, 0.6) is 0 Å². The SMILES string of the molecule is Cl.O=C(NCC1CNCC1O)c1ccccc1C(=O)c1ccc(F)cc1. The molecule has 0 spiro atoms. The van der Waals surface area contributed by atoms with E-state index in [0.717, 1.165) is 0 Å². The molecule has 138 valence electrons. The number of hydrogen-bond acceptors (Lipinski definition) is 4. The number of β-amino-alcohol motifs (C(OH)–C–C–N with tert-alkyl or cyclic N) is 1. The lowest BCUT2D eigenvalue weighted by molar-refractivity contribution is 0.0917. The van der Waals surface area contributed by atoms with Gasteiger partial charge >= 0.3 is 0 Å². The molecule has 1 amide bonds. The average Bonchev–Trinajstić information content (AvgIpc) is 3.04. The van der Waals surface area contributed by atoms with Crippen LogP contribution in [0, 0.1) is 11.7 Å². The van der Waals surface area contributed by atoms with Crippen molar-refractivity contribution in [3.63, 3.8) is 0 Å². The van der Waals surface area contributed by atoms with Crippen molar-refractivity contribution in [1.29, 1.82) is 0 Å². The number of rotatable bonds is 5. The van der Waals surface area contributed by atoms with Gasteiger partial charge in [-0.25, -0.2) is 4.39 Å². The molecule has 3 rings (SSSR count). The first-order chi connectivity index (χ1) is 12.1. The molecule has 1 saturated heterocycles. The third-order valence-electron chi connectivity index (χ3n) is 4.35. The molecule has 1 aliphatic rings. The first-order valence-electron chi connectivity index (χ1n) is 8.12. The summed E-state index contributed by atoms with van der Waals surface area (Å²) in [6.45, 7) is 1.48. The molecule has 5 nitrogen and oxygen atoms in total. The van der Waals surface area contributed by atoms with Gasteiger partial charge in [-0.15, -0.1) is 12.4 Å². The zero-order valence-corrected chi connectivity index (χ0v) is 14.8. The van der Waals surface area contributed by atoms with Crippen LogP contribution in [0.2, 0.25) is 0 Å². The second-order valence-electron chi connectivity index (χ2n) is 6.08. The van der Waals surface area contributed by atoms with E-state index < -0.39 is 11.9 Å². The third-order valence-corrected chi connectivity index (χ3v) is 4.35. The van der Waals surface area contributed by atoms with Crippen LogP contribution in [0.3, 0.4) is 0 Å². The predicted octanol–water partition coefficient (Wildman–Crippen LogP) is 1.79. The highest BCUT2D eigenvalue weighted by Crippen LogP contribution is 2.16. The minimum absolute atomic E-state index is 0. The molecule has 2 unspecified atom stereocenters. The van der Waals surface area contributed by atoms with Gasteiger partial charge in [-0.2, -0.15) is 0 Å². The van der Waals surface area contributed by atoms with E-state index in [1.54, 1.807) is 24.3 Å². The lowest BCUT2D eigenvalue weighted by Gasteiger charge is -2.15. The van der Waals surface area contributed by atoms with E-state index in [9.17, 15) is 19.1 Å². The number of amides is 1. The lowest BCUT2D eigenvalue weighted by atomic mass is 9.97. The van der Waals surface area contributed by atoms with Gasteiger partial charge in [0.1, 0.15) is 5.82 Å². The fraction of sp³-hybridized carbons (Fsp3) is 0.263. The van der Waals surface area contributed by atoms with E-state index in [4.69, 9.17) is 0 Å². The summed E-state index contributed by atoms with van der Waals surface area (Å²) in [5, 5.41) is 15.6. The number of ketones is 1. The van der Waals surface area contributed by atoms with Crippen LogP contribution in [-0.4, -0.2) is 42.5 Å². The molecule has 1 aliphatic heterocycles. The van der Waals surface area contributed by atoms with Crippen molar-refractivity contribution in [3.05, 3.63) is 71.0 Å². The van der Waals surface area contributed by atoms with Gasteiger partial charge in [-0.05, 0) is 30.3 Å². The number of carbonyl (C=O) groups is 2. The highest BCUT2D eigenvalue weighted by molar-refractivity contribution is 6.15. The Bertz CT molecular complexity index is 783. The quantitative estimate of drug-likeness (QED) is 0.693. The van der Waals surface area contributed by atoms with Gasteiger partial charge in [0, 0.05) is 36.7 Å². The van der Waals surface area contributed by atoms with Crippen LogP contribution < -0.4 is 10.6 Å². The molecule has 0 radical (unpaired) electrons. The fourth-order valence-electron chi connectivity index (χ4n) is 2.88. The minimum atomic E-state index is -0.489. The Balaban J connectivity index is 0.00000243. The third kappa shape index (κ3) is 4.46. The normalized spacial score (nSPS) is 18.8. The maximum absolute atomic E-state index is 13.0. The molecule has 2 atom stereocenters. The van der Waals surface area contributed by atoms with Gasteiger partial charge in [0.05, 0.1) is 11.7 Å². The number of aliphatic hydroxyl groups excluding tert-OH is 1. The molecule has 2 aromatic carbocycles. The predicted molar refractivity (Wildman–Crippen MR) is 98.2 cm³/mol. The molecule has 0 saturated carbocycles. The molecule has 0 aromatic heterocycles. The Labute approximate surface area is 157 Å². The van der Waals surface area contributed by atoms with Gasteiger partial charge in [0.25, 0.3) is 5.91 Å². The number of nitrogens with one attached hydrogen (secondary N) is 2. The second-order valence-corrected chi connectivity index (χ2v) is 6.08. The molecular weight excluding hydrogens is 359 g/mol. The monoisotopic (exact) mass is 378 g/mol. The molecule has 1 heterocycles. The standard InChI is InChI=1S/C19H19FN2O3.ClH/c20-14-7-5-12(6-8-14)18(24)15-3-1-2-4-16(15)19(25)22-10-13-9-21-11-17(13)23;/h1-8,13,17,21,23H,9-11H2,(H,22,25);1H. The highest BCUT2D eigenvalue weighted by Gasteiger charge is 2.26. The highest BCUT2D eigenvalue weighted by atomic mass is 35.5. The van der Waals surface area contributed by atoms with E-state index in [0.29, 0.717) is 25.2 Å². The molecule has 0 aliphatic carbocycles. The molecule has 2 aromatic rings. The van der Waals surface area contributed by atoms with E-state index >= 15 is 0 Å². The first kappa shape index (κ1) is 20.0. The van der Waals surface area contributed by atoms with Gasteiger partial charge in [0.15, 0.2) is 5.78 Å². The summed E-state index contributed by atoms with van der Waals surface area (Å²) in [4.78, 5) is 25.1. The van der Waals surface area contributed by atoms with Crippen molar-refractivity contribution < 1.29 is 19.1 Å². The maximum Gasteiger partial charge on any atom is 0.252 e. The Kier molecular flexibility index (Phi) is 6.85. The summed E-state index contributed by atoms with van der Waals surface area (Å²) in [6, 6.07) is 11.7. The summed E-state index contributed by atoms with van der Waals surface area (Å²) in [5.41, 5.74) is 0.839. The topological polar surface area (TPSA) is 78.4 Å². The van der Waals surface area contributed by atoms with Gasteiger partial charge < -0.3 is 15.7 Å². The average molecular weight is 379 g/mol. The molecule has 3 N–H and O–H groups in total. The Morgan fingerprint density at radius 1 is 1.08 bits per heavy atom. The Hall–Kier alpha value is -2.28. The van der Waals surface area contributed by atoms with Crippen LogP contribution in [0.25, 0.3) is 0 Å². The first-order valence-corrected chi connectivity index (χ1v) is 8.12. The summed E-state index contributed by atoms with van der Waals surface area (Å²) in [7, 11) is 0. The summed E-state index contributed by atoms with van der Waals surface area (Å²) in [6.07, 6.45) is -0.489. The second kappa shape index (κ2) is 8.89. The maximum atomic E-state index is 13.0. The van der Waals surface area contributed by atoms with Crippen molar-refractivity contribution in [2.24, 2.45) is 5.92 Å². The van der Waals surface area contributed by atoms with Crippen molar-refractivity contribution in [1.82, 2.24) is 10.6 Å². The van der Waals surface area contributed by atoms with Crippen molar-refractivity contribution in [3.8, 4) is 0 Å². The van der Waals surface area contributed by atoms with Crippen LogP contribution in [0.1, 0.15) is 26.3 Å². The molecule has 7 heteroatoms. The van der Waals surface area contributed by atoms with Crippen LogP contribution in [-0.2, 0) is 0 Å². The Morgan fingerprint density at radius 2 is 1.73 bits per heavy atom. The smallest absolute Gasteiger partial charge is 0.252 e. The van der Waals surface area contributed by atoms with E-state index in [1.165, 1.54) is 24.3 Å². The fourth-order valence-corrected chi connectivity index (χ4v) is 2.88. The molecule has 0 bridgehead atoms. The van der Waals surface area contributed by atoms with Crippen LogP contribution in [0.4, 0.5) is 4.39 Å². The van der Waals surface area contributed by atoms with Gasteiger partial charge in [0.2, 0.25) is 0 Å². The molecule has 1 fully saturated rings. The van der Waals surface area contributed by atoms with Gasteiger partial charge in [-0.1, -0.05) is 18.2 Å². The number of benzene rings is 2. The lowest BCUT2D eigenvalue weighted by Crippen LogP contribution is -2.35. The number of halogens is 2. The van der Waals surface area contributed by atoms with E-state index in [-0.39, 0.29) is 41.1 Å². The minimum Gasteiger partial charge on any atom is -0.391 e. The van der Waals surface area contributed by atoms with E-state index in [2.05, 4.69) is 10.6 Å². The number of carbonyl (C=O) groups excluding carboxylic acids is 2. The van der Waals surface area contributed by atoms with Gasteiger partial charge in [-0.3, -0.25) is 9.59 Å². The summed E-state index contributed by atoms with van der Waals surface area (Å²) >= 11 is 0. The van der Waals surface area contributed by atoms with E-state index in [1.807, 2.05) is 0 Å². The molecule has 26 heavy (non-hydrogen) atoms. The largest absolute Gasteiger partial charge is 0.391 e. The van der Waals surface area contributed by atoms with Crippen molar-refractivity contribution in [2.45, 2.75) is 6.10 Å². The number of aliphatic hydroxyl groups is 1. The molecular formula is C19H20ClFN2O3. The van der Waals surface area contributed by atoms with Crippen molar-refractivity contribution in [2.75, 3.05) is 19.6 Å².